The van der Waals surface area contributed by atoms with E-state index in [9.17, 15) is 9.59 Å². The van der Waals surface area contributed by atoms with Crippen LogP contribution in [-0.2, 0) is 9.59 Å². The number of hydrogen-bond donors (Lipinski definition) is 0. The lowest BCUT2D eigenvalue weighted by molar-refractivity contribution is -0.142. The first-order valence-corrected chi connectivity index (χ1v) is 6.91. The quantitative estimate of drug-likeness (QED) is 0.659. The number of carbonyl (C=O) groups is 2. The number of piperazine rings is 1. The van der Waals surface area contributed by atoms with E-state index in [0.717, 1.165) is 52.1 Å². The molecule has 0 saturated carbocycles. The molecule has 2 saturated heterocycles. The van der Waals surface area contributed by atoms with Crippen LogP contribution in [0.1, 0.15) is 25.7 Å². The normalized spacial score (nSPS) is 22.1. The maximum absolute atomic E-state index is 12.0. The van der Waals surface area contributed by atoms with Crippen molar-refractivity contribution in [3.05, 3.63) is 0 Å². The second-order valence-corrected chi connectivity index (χ2v) is 5.30. The van der Waals surface area contributed by atoms with E-state index >= 15 is 0 Å². The molecule has 0 N–H and O–H groups in total. The number of piperidine rings is 1. The van der Waals surface area contributed by atoms with E-state index in [-0.39, 0.29) is 18.2 Å². The van der Waals surface area contributed by atoms with Gasteiger partial charge in [-0.1, -0.05) is 0 Å². The largest absolute Gasteiger partial charge is 0.342 e. The van der Waals surface area contributed by atoms with E-state index < -0.39 is 0 Å². The summed E-state index contributed by atoms with van der Waals surface area (Å²) in [5.41, 5.74) is 0. The zero-order valence-electron chi connectivity index (χ0n) is 11.2. The van der Waals surface area contributed by atoms with Crippen LogP contribution in [0.3, 0.4) is 0 Å². The minimum Gasteiger partial charge on any atom is -0.342 e. The Hall–Kier alpha value is -1.10. The van der Waals surface area contributed by atoms with Crippen LogP contribution in [0.25, 0.3) is 0 Å². The molecule has 0 unspecified atom stereocenters. The van der Waals surface area contributed by atoms with Crippen LogP contribution >= 0.6 is 0 Å². The van der Waals surface area contributed by atoms with Crippen molar-refractivity contribution in [2.45, 2.75) is 25.7 Å². The second-order valence-electron chi connectivity index (χ2n) is 5.30. The Morgan fingerprint density at radius 2 is 1.28 bits per heavy atom. The molecule has 0 aromatic rings. The smallest absolute Gasteiger partial charge is 0.232 e. The fraction of sp³-hybridized carbons (Fsp3) is 0.846. The van der Waals surface area contributed by atoms with E-state index in [2.05, 4.69) is 11.9 Å². The van der Waals surface area contributed by atoms with Crippen molar-refractivity contribution in [2.75, 3.05) is 46.3 Å². The monoisotopic (exact) mass is 253 g/mol. The Kier molecular flexibility index (Phi) is 4.58. The standard InChI is InChI=1S/C13H23N3O2/c1-14-7-9-16(10-8-14)13(18)11-12(17)15-5-3-2-4-6-15/h2-11H2,1H3. The van der Waals surface area contributed by atoms with Crippen molar-refractivity contribution in [2.24, 2.45) is 0 Å². The molecule has 0 aliphatic carbocycles. The molecule has 0 aromatic heterocycles. The van der Waals surface area contributed by atoms with Crippen molar-refractivity contribution < 1.29 is 9.59 Å². The fourth-order valence-corrected chi connectivity index (χ4v) is 2.55. The molecule has 0 bridgehead atoms. The molecule has 5 heteroatoms. The Morgan fingerprint density at radius 3 is 1.83 bits per heavy atom. The zero-order valence-corrected chi connectivity index (χ0v) is 11.2. The maximum atomic E-state index is 12.0. The van der Waals surface area contributed by atoms with Gasteiger partial charge in [-0.15, -0.1) is 0 Å². The number of rotatable bonds is 2. The molecule has 0 aromatic carbocycles. The molecule has 18 heavy (non-hydrogen) atoms. The molecule has 2 rings (SSSR count). The number of amides is 2. The van der Waals surface area contributed by atoms with Crippen LogP contribution in [-0.4, -0.2) is 72.8 Å². The summed E-state index contributed by atoms with van der Waals surface area (Å²) in [4.78, 5) is 29.9. The Morgan fingerprint density at radius 1 is 0.778 bits per heavy atom. The van der Waals surface area contributed by atoms with Gasteiger partial charge in [-0.2, -0.15) is 0 Å². The molecular formula is C13H23N3O2. The van der Waals surface area contributed by atoms with Crippen LogP contribution in [0.5, 0.6) is 0 Å². The lowest BCUT2D eigenvalue weighted by Crippen LogP contribution is -2.48. The van der Waals surface area contributed by atoms with Gasteiger partial charge >= 0.3 is 0 Å². The number of likely N-dealkylation sites (tertiary alicyclic amines) is 1. The minimum absolute atomic E-state index is 0.00123. The Balaban J connectivity index is 1.77. The van der Waals surface area contributed by atoms with Crippen molar-refractivity contribution in [1.82, 2.24) is 14.7 Å². The van der Waals surface area contributed by atoms with Gasteiger partial charge in [0.1, 0.15) is 6.42 Å². The van der Waals surface area contributed by atoms with Gasteiger partial charge < -0.3 is 14.7 Å². The summed E-state index contributed by atoms with van der Waals surface area (Å²) in [7, 11) is 2.06. The van der Waals surface area contributed by atoms with Crippen molar-refractivity contribution in [3.63, 3.8) is 0 Å². The summed E-state index contributed by atoms with van der Waals surface area (Å²) in [6, 6.07) is 0. The number of likely N-dealkylation sites (N-methyl/N-ethyl adjacent to an activating group) is 1. The highest BCUT2D eigenvalue weighted by Gasteiger charge is 2.24. The summed E-state index contributed by atoms with van der Waals surface area (Å²) < 4.78 is 0. The third kappa shape index (κ3) is 3.45. The van der Waals surface area contributed by atoms with Gasteiger partial charge in [0, 0.05) is 39.3 Å². The molecule has 0 spiro atoms. The predicted octanol–water partition coefficient (Wildman–Crippen LogP) is 0.163. The highest BCUT2D eigenvalue weighted by Crippen LogP contribution is 2.11. The molecule has 102 valence electrons. The van der Waals surface area contributed by atoms with Crippen molar-refractivity contribution in [1.29, 1.82) is 0 Å². The van der Waals surface area contributed by atoms with E-state index in [1.165, 1.54) is 6.42 Å². The highest BCUT2D eigenvalue weighted by molar-refractivity contribution is 5.97. The SMILES string of the molecule is CN1CCN(C(=O)CC(=O)N2CCCCC2)CC1. The van der Waals surface area contributed by atoms with Crippen LogP contribution in [0.15, 0.2) is 0 Å². The lowest BCUT2D eigenvalue weighted by atomic mass is 10.1. The van der Waals surface area contributed by atoms with Gasteiger partial charge in [-0.25, -0.2) is 0 Å². The average Bonchev–Trinajstić information content (AvgIpc) is 2.40. The van der Waals surface area contributed by atoms with Crippen LogP contribution in [0.4, 0.5) is 0 Å². The summed E-state index contributed by atoms with van der Waals surface area (Å²) in [5, 5.41) is 0. The molecular weight excluding hydrogens is 230 g/mol. The molecule has 2 aliphatic heterocycles. The maximum Gasteiger partial charge on any atom is 0.232 e. The number of hydrogen-bond acceptors (Lipinski definition) is 3. The third-order valence-corrected chi connectivity index (χ3v) is 3.87. The van der Waals surface area contributed by atoms with Crippen LogP contribution < -0.4 is 0 Å². The minimum atomic E-state index is -0.00123. The van der Waals surface area contributed by atoms with Gasteiger partial charge in [0.25, 0.3) is 0 Å². The van der Waals surface area contributed by atoms with Gasteiger partial charge in [0.2, 0.25) is 11.8 Å². The summed E-state index contributed by atoms with van der Waals surface area (Å²) in [6.45, 7) is 4.97. The highest BCUT2D eigenvalue weighted by atomic mass is 16.2. The molecule has 2 aliphatic rings. The molecule has 0 atom stereocenters. The topological polar surface area (TPSA) is 43.9 Å². The number of nitrogens with zero attached hydrogens (tertiary/aromatic N) is 3. The zero-order chi connectivity index (χ0) is 13.0. The van der Waals surface area contributed by atoms with Gasteiger partial charge in [-0.05, 0) is 26.3 Å². The summed E-state index contributed by atoms with van der Waals surface area (Å²) in [6.07, 6.45) is 3.42. The average molecular weight is 253 g/mol. The van der Waals surface area contributed by atoms with Gasteiger partial charge in [-0.3, -0.25) is 9.59 Å². The molecule has 2 fully saturated rings. The summed E-state index contributed by atoms with van der Waals surface area (Å²) >= 11 is 0. The Bertz CT molecular complexity index is 305. The van der Waals surface area contributed by atoms with E-state index in [4.69, 9.17) is 0 Å². The second kappa shape index (κ2) is 6.18. The first-order chi connectivity index (χ1) is 8.66. The third-order valence-electron chi connectivity index (χ3n) is 3.87. The van der Waals surface area contributed by atoms with Crippen LogP contribution in [0.2, 0.25) is 0 Å². The van der Waals surface area contributed by atoms with E-state index in [1.807, 2.05) is 9.80 Å². The Labute approximate surface area is 109 Å². The first-order valence-electron chi connectivity index (χ1n) is 6.91. The van der Waals surface area contributed by atoms with Crippen LogP contribution in [0, 0.1) is 0 Å². The fourth-order valence-electron chi connectivity index (χ4n) is 2.55. The lowest BCUT2D eigenvalue weighted by Gasteiger charge is -2.33. The van der Waals surface area contributed by atoms with Gasteiger partial charge in [0.05, 0.1) is 0 Å². The summed E-state index contributed by atoms with van der Waals surface area (Å²) in [5.74, 6) is 0.0114. The molecule has 2 heterocycles. The number of carbonyl (C=O) groups excluding carboxylic acids is 2. The predicted molar refractivity (Wildman–Crippen MR) is 69.1 cm³/mol. The molecule has 5 nitrogen and oxygen atoms in total. The first kappa shape index (κ1) is 13.3. The van der Waals surface area contributed by atoms with Crippen molar-refractivity contribution in [3.8, 4) is 0 Å². The van der Waals surface area contributed by atoms with Crippen molar-refractivity contribution >= 4 is 11.8 Å². The molecule has 0 radical (unpaired) electrons. The van der Waals surface area contributed by atoms with Gasteiger partial charge in [0.15, 0.2) is 0 Å². The molecule has 2 amide bonds. The van der Waals surface area contributed by atoms with E-state index in [1.54, 1.807) is 0 Å². The van der Waals surface area contributed by atoms with E-state index in [0.29, 0.717) is 0 Å².